The van der Waals surface area contributed by atoms with E-state index in [1.54, 1.807) is 0 Å². The van der Waals surface area contributed by atoms with Crippen molar-refractivity contribution in [1.29, 1.82) is 0 Å². The van der Waals surface area contributed by atoms with Crippen molar-refractivity contribution in [1.82, 2.24) is 4.90 Å². The van der Waals surface area contributed by atoms with Crippen LogP contribution in [0, 0.1) is 0 Å². The number of nitrogens with two attached hydrogens (primary N) is 1. The van der Waals surface area contributed by atoms with Crippen LogP contribution in [-0.4, -0.2) is 50.5 Å². The van der Waals surface area contributed by atoms with Crippen molar-refractivity contribution in [2.45, 2.75) is 19.4 Å². The quantitative estimate of drug-likeness (QED) is 0.673. The third-order valence-electron chi connectivity index (χ3n) is 2.45. The molecule has 13 heavy (non-hydrogen) atoms. The molecule has 0 aromatic rings. The molecule has 0 aromatic heterocycles. The summed E-state index contributed by atoms with van der Waals surface area (Å²) in [6.07, 6.45) is 0.948. The van der Waals surface area contributed by atoms with Gasteiger partial charge in [-0.2, -0.15) is 0 Å². The van der Waals surface area contributed by atoms with Crippen LogP contribution in [0.15, 0.2) is 0 Å². The zero-order valence-electron chi connectivity index (χ0n) is 8.07. The van der Waals surface area contributed by atoms with Crippen LogP contribution in [0.2, 0.25) is 0 Å². The van der Waals surface area contributed by atoms with Gasteiger partial charge < -0.3 is 5.73 Å². The molecule has 1 heterocycles. The fourth-order valence-corrected chi connectivity index (χ4v) is 2.67. The van der Waals surface area contributed by atoms with Crippen molar-refractivity contribution in [2.24, 2.45) is 5.73 Å². The van der Waals surface area contributed by atoms with E-state index in [2.05, 4.69) is 4.90 Å². The van der Waals surface area contributed by atoms with Crippen LogP contribution in [0.4, 0.5) is 0 Å². The second-order valence-electron chi connectivity index (χ2n) is 3.62. The first-order valence-corrected chi connectivity index (χ1v) is 6.54. The average Bonchev–Trinajstić information content (AvgIpc) is 2.08. The van der Waals surface area contributed by atoms with Gasteiger partial charge in [-0.25, -0.2) is 8.42 Å². The zero-order chi connectivity index (χ0) is 9.90. The van der Waals surface area contributed by atoms with E-state index < -0.39 is 9.84 Å². The number of sulfone groups is 1. The normalized spacial score (nSPS) is 25.7. The van der Waals surface area contributed by atoms with Crippen molar-refractivity contribution in [3.05, 3.63) is 0 Å². The number of hydrogen-bond acceptors (Lipinski definition) is 4. The molecule has 1 saturated heterocycles. The molecule has 1 atom stereocenters. The summed E-state index contributed by atoms with van der Waals surface area (Å²) in [6, 6.07) is 0.181. The maximum atomic E-state index is 11.1. The highest BCUT2D eigenvalue weighted by molar-refractivity contribution is 7.91. The average molecular weight is 206 g/mol. The van der Waals surface area contributed by atoms with Gasteiger partial charge in [-0.05, 0) is 6.42 Å². The highest BCUT2D eigenvalue weighted by atomic mass is 32.2. The Morgan fingerprint density at radius 2 is 1.92 bits per heavy atom. The molecule has 0 aromatic carbocycles. The Balaban J connectivity index is 2.33. The van der Waals surface area contributed by atoms with Gasteiger partial charge in [0.25, 0.3) is 0 Å². The summed E-state index contributed by atoms with van der Waals surface area (Å²) in [4.78, 5) is 2.13. The Morgan fingerprint density at radius 3 is 2.38 bits per heavy atom. The van der Waals surface area contributed by atoms with E-state index in [-0.39, 0.29) is 6.04 Å². The Kier molecular flexibility index (Phi) is 3.70. The molecule has 0 saturated carbocycles. The highest BCUT2D eigenvalue weighted by Gasteiger charge is 2.21. The first kappa shape index (κ1) is 10.9. The Hall–Kier alpha value is -0.130. The van der Waals surface area contributed by atoms with Crippen LogP contribution in [-0.2, 0) is 9.84 Å². The standard InChI is InChI=1S/C8H18N2O2S/c1-2-8(9)7-10-3-5-13(11,12)6-4-10/h8H,2-7,9H2,1H3. The number of nitrogens with zero attached hydrogens (tertiary/aromatic N) is 1. The van der Waals surface area contributed by atoms with E-state index in [9.17, 15) is 8.42 Å². The fraction of sp³-hybridized carbons (Fsp3) is 1.00. The van der Waals surface area contributed by atoms with E-state index in [0.717, 1.165) is 13.0 Å². The predicted octanol–water partition coefficient (Wildman–Crippen LogP) is -0.546. The van der Waals surface area contributed by atoms with Gasteiger partial charge in [0.05, 0.1) is 11.5 Å². The van der Waals surface area contributed by atoms with Crippen LogP contribution in [0.3, 0.4) is 0 Å². The molecule has 78 valence electrons. The van der Waals surface area contributed by atoms with Crippen molar-refractivity contribution in [3.63, 3.8) is 0 Å². The lowest BCUT2D eigenvalue weighted by atomic mass is 10.2. The molecule has 0 aliphatic carbocycles. The summed E-state index contributed by atoms with van der Waals surface area (Å²) < 4.78 is 22.2. The molecule has 1 fully saturated rings. The highest BCUT2D eigenvalue weighted by Crippen LogP contribution is 2.04. The Morgan fingerprint density at radius 1 is 1.38 bits per heavy atom. The minimum Gasteiger partial charge on any atom is -0.327 e. The van der Waals surface area contributed by atoms with E-state index in [1.807, 2.05) is 6.92 Å². The Labute approximate surface area is 80.0 Å². The molecular weight excluding hydrogens is 188 g/mol. The molecule has 2 N–H and O–H groups in total. The van der Waals surface area contributed by atoms with Crippen molar-refractivity contribution < 1.29 is 8.42 Å². The van der Waals surface area contributed by atoms with Gasteiger partial charge in [-0.3, -0.25) is 4.90 Å². The summed E-state index contributed by atoms with van der Waals surface area (Å²) in [5, 5.41) is 0. The molecule has 0 radical (unpaired) electrons. The first-order chi connectivity index (χ1) is 6.03. The molecule has 0 amide bonds. The van der Waals surface area contributed by atoms with Gasteiger partial charge in [0.1, 0.15) is 0 Å². The van der Waals surface area contributed by atoms with Crippen LogP contribution in [0.25, 0.3) is 0 Å². The van der Waals surface area contributed by atoms with Gasteiger partial charge >= 0.3 is 0 Å². The molecule has 1 rings (SSSR count). The number of hydrogen-bond donors (Lipinski definition) is 1. The number of rotatable bonds is 3. The lowest BCUT2D eigenvalue weighted by Gasteiger charge is -2.28. The van der Waals surface area contributed by atoms with Gasteiger partial charge in [0.2, 0.25) is 0 Å². The second kappa shape index (κ2) is 4.39. The molecule has 0 bridgehead atoms. The molecule has 0 spiro atoms. The zero-order valence-corrected chi connectivity index (χ0v) is 8.89. The fourth-order valence-electron chi connectivity index (χ4n) is 1.39. The van der Waals surface area contributed by atoms with Gasteiger partial charge in [-0.15, -0.1) is 0 Å². The van der Waals surface area contributed by atoms with E-state index >= 15 is 0 Å². The third kappa shape index (κ3) is 3.62. The molecule has 1 aliphatic heterocycles. The summed E-state index contributed by atoms with van der Waals surface area (Å²) in [5.74, 6) is 0.590. The molecular formula is C8H18N2O2S. The third-order valence-corrected chi connectivity index (χ3v) is 4.06. The van der Waals surface area contributed by atoms with Crippen LogP contribution in [0.5, 0.6) is 0 Å². The molecule has 5 heteroatoms. The van der Waals surface area contributed by atoms with Crippen LogP contribution >= 0.6 is 0 Å². The second-order valence-corrected chi connectivity index (χ2v) is 5.92. The minimum atomic E-state index is -2.74. The van der Waals surface area contributed by atoms with E-state index in [4.69, 9.17) is 5.73 Å². The maximum Gasteiger partial charge on any atom is 0.152 e. The molecule has 4 nitrogen and oxygen atoms in total. The summed E-state index contributed by atoms with van der Waals surface area (Å²) >= 11 is 0. The van der Waals surface area contributed by atoms with Gasteiger partial charge in [-0.1, -0.05) is 6.92 Å². The van der Waals surface area contributed by atoms with Gasteiger partial charge in [0, 0.05) is 25.7 Å². The summed E-state index contributed by atoms with van der Waals surface area (Å²) in [5.41, 5.74) is 5.78. The van der Waals surface area contributed by atoms with E-state index in [1.165, 1.54) is 0 Å². The molecule has 1 unspecified atom stereocenters. The van der Waals surface area contributed by atoms with Crippen molar-refractivity contribution in [2.75, 3.05) is 31.1 Å². The largest absolute Gasteiger partial charge is 0.327 e. The topological polar surface area (TPSA) is 63.4 Å². The summed E-state index contributed by atoms with van der Waals surface area (Å²) in [7, 11) is -2.74. The lowest BCUT2D eigenvalue weighted by Crippen LogP contribution is -2.45. The predicted molar refractivity (Wildman–Crippen MR) is 53.4 cm³/mol. The first-order valence-electron chi connectivity index (χ1n) is 4.72. The van der Waals surface area contributed by atoms with Crippen molar-refractivity contribution in [3.8, 4) is 0 Å². The Bertz CT molecular complexity index is 237. The van der Waals surface area contributed by atoms with E-state index in [0.29, 0.717) is 24.6 Å². The summed E-state index contributed by atoms with van der Waals surface area (Å²) in [6.45, 7) is 4.17. The van der Waals surface area contributed by atoms with Crippen LogP contribution < -0.4 is 5.73 Å². The SMILES string of the molecule is CCC(N)CN1CCS(=O)(=O)CC1. The minimum absolute atomic E-state index is 0.181. The molecule has 1 aliphatic rings. The smallest absolute Gasteiger partial charge is 0.152 e. The van der Waals surface area contributed by atoms with Crippen molar-refractivity contribution >= 4 is 9.84 Å². The lowest BCUT2D eigenvalue weighted by molar-refractivity contribution is 0.274. The monoisotopic (exact) mass is 206 g/mol. The van der Waals surface area contributed by atoms with Gasteiger partial charge in [0.15, 0.2) is 9.84 Å². The maximum absolute atomic E-state index is 11.1. The van der Waals surface area contributed by atoms with Crippen LogP contribution in [0.1, 0.15) is 13.3 Å².